The lowest BCUT2D eigenvalue weighted by Gasteiger charge is -2.09. The molecule has 2 rings (SSSR count). The predicted octanol–water partition coefficient (Wildman–Crippen LogP) is 3.08. The highest BCUT2D eigenvalue weighted by atomic mass is 35.5. The fraction of sp³-hybridized carbons (Fsp3) is 0.100. The molecule has 0 atom stereocenters. The van der Waals surface area contributed by atoms with Crippen molar-refractivity contribution in [3.8, 4) is 5.75 Å². The SMILES string of the molecule is O=c1c(Cl)c[nH]c2cc(OC(F)(F)F)ccc12. The van der Waals surface area contributed by atoms with Crippen LogP contribution in [-0.2, 0) is 0 Å². The Morgan fingerprint density at radius 1 is 1.29 bits per heavy atom. The van der Waals surface area contributed by atoms with Crippen LogP contribution in [0, 0.1) is 0 Å². The summed E-state index contributed by atoms with van der Waals surface area (Å²) in [7, 11) is 0. The van der Waals surface area contributed by atoms with Gasteiger partial charge in [-0.15, -0.1) is 13.2 Å². The molecule has 2 aromatic rings. The highest BCUT2D eigenvalue weighted by molar-refractivity contribution is 6.31. The summed E-state index contributed by atoms with van der Waals surface area (Å²) in [5.74, 6) is -0.400. The number of ether oxygens (including phenoxy) is 1. The van der Waals surface area contributed by atoms with Crippen molar-refractivity contribution in [1.29, 1.82) is 0 Å². The molecule has 1 N–H and O–H groups in total. The first-order chi connectivity index (χ1) is 7.87. The lowest BCUT2D eigenvalue weighted by molar-refractivity contribution is -0.274. The molecular formula is C10H5ClF3NO2. The third kappa shape index (κ3) is 2.52. The fourth-order valence-corrected chi connectivity index (χ4v) is 1.53. The summed E-state index contributed by atoms with van der Waals surface area (Å²) in [6, 6.07) is 3.36. The number of hydrogen-bond acceptors (Lipinski definition) is 2. The first-order valence-electron chi connectivity index (χ1n) is 4.43. The normalized spacial score (nSPS) is 11.8. The zero-order valence-electron chi connectivity index (χ0n) is 8.14. The van der Waals surface area contributed by atoms with Crippen LogP contribution < -0.4 is 10.2 Å². The maximum Gasteiger partial charge on any atom is 0.573 e. The van der Waals surface area contributed by atoms with Crippen LogP contribution in [0.4, 0.5) is 13.2 Å². The van der Waals surface area contributed by atoms with E-state index in [1.807, 2.05) is 0 Å². The lowest BCUT2D eigenvalue weighted by Crippen LogP contribution is -2.17. The highest BCUT2D eigenvalue weighted by Crippen LogP contribution is 2.25. The zero-order valence-corrected chi connectivity index (χ0v) is 8.89. The lowest BCUT2D eigenvalue weighted by atomic mass is 10.2. The van der Waals surface area contributed by atoms with Crippen LogP contribution in [0.1, 0.15) is 0 Å². The van der Waals surface area contributed by atoms with Gasteiger partial charge in [-0.1, -0.05) is 11.6 Å². The van der Waals surface area contributed by atoms with E-state index in [0.29, 0.717) is 0 Å². The van der Waals surface area contributed by atoms with Crippen molar-refractivity contribution >= 4 is 22.5 Å². The molecule has 90 valence electrons. The molecule has 1 heterocycles. The Morgan fingerprint density at radius 3 is 2.65 bits per heavy atom. The fourth-order valence-electron chi connectivity index (χ4n) is 1.37. The van der Waals surface area contributed by atoms with Gasteiger partial charge in [0.1, 0.15) is 10.8 Å². The maximum atomic E-state index is 12.0. The molecule has 1 aromatic heterocycles. The van der Waals surface area contributed by atoms with Crippen LogP contribution in [0.5, 0.6) is 5.75 Å². The van der Waals surface area contributed by atoms with Crippen LogP contribution >= 0.6 is 11.6 Å². The summed E-state index contributed by atoms with van der Waals surface area (Å²) in [5, 5.41) is 0.175. The van der Waals surface area contributed by atoms with Crippen LogP contribution in [0.3, 0.4) is 0 Å². The van der Waals surface area contributed by atoms with Gasteiger partial charge in [0.2, 0.25) is 5.43 Å². The first-order valence-corrected chi connectivity index (χ1v) is 4.81. The molecule has 0 spiro atoms. The number of pyridine rings is 1. The number of alkyl halides is 3. The summed E-state index contributed by atoms with van der Waals surface area (Å²) in [6.07, 6.45) is -3.55. The molecule has 0 aliphatic rings. The number of benzene rings is 1. The van der Waals surface area contributed by atoms with Crippen LogP contribution in [0.15, 0.2) is 29.2 Å². The van der Waals surface area contributed by atoms with E-state index < -0.39 is 17.5 Å². The molecule has 0 amide bonds. The second-order valence-electron chi connectivity index (χ2n) is 3.22. The Bertz CT molecular complexity index is 621. The van der Waals surface area contributed by atoms with Gasteiger partial charge in [0.15, 0.2) is 0 Å². The summed E-state index contributed by atoms with van der Waals surface area (Å²) >= 11 is 5.58. The molecule has 0 aliphatic heterocycles. The Morgan fingerprint density at radius 2 is 2.00 bits per heavy atom. The van der Waals surface area contributed by atoms with Gasteiger partial charge < -0.3 is 9.72 Å². The molecule has 1 aromatic carbocycles. The molecule has 3 nitrogen and oxygen atoms in total. The van der Waals surface area contributed by atoms with Crippen molar-refractivity contribution in [2.45, 2.75) is 6.36 Å². The molecule has 7 heteroatoms. The summed E-state index contributed by atoms with van der Waals surface area (Å²) < 4.78 is 39.6. The monoisotopic (exact) mass is 263 g/mol. The number of aromatic nitrogens is 1. The van der Waals surface area contributed by atoms with E-state index in [4.69, 9.17) is 11.6 Å². The van der Waals surface area contributed by atoms with Gasteiger partial charge >= 0.3 is 6.36 Å². The average Bonchev–Trinajstić information content (AvgIpc) is 2.21. The molecule has 0 unspecified atom stereocenters. The molecule has 17 heavy (non-hydrogen) atoms. The minimum atomic E-state index is -4.76. The van der Waals surface area contributed by atoms with E-state index in [2.05, 4.69) is 9.72 Å². The number of aromatic amines is 1. The van der Waals surface area contributed by atoms with E-state index in [-0.39, 0.29) is 15.9 Å². The van der Waals surface area contributed by atoms with E-state index in [1.54, 1.807) is 0 Å². The summed E-state index contributed by atoms with van der Waals surface area (Å²) in [4.78, 5) is 14.1. The van der Waals surface area contributed by atoms with E-state index in [9.17, 15) is 18.0 Å². The van der Waals surface area contributed by atoms with Crippen molar-refractivity contribution in [2.24, 2.45) is 0 Å². The van der Waals surface area contributed by atoms with Gasteiger partial charge in [-0.25, -0.2) is 0 Å². The van der Waals surface area contributed by atoms with E-state index in [0.717, 1.165) is 12.1 Å². The van der Waals surface area contributed by atoms with Crippen molar-refractivity contribution < 1.29 is 17.9 Å². The Labute approximate surface area is 97.8 Å². The largest absolute Gasteiger partial charge is 0.573 e. The van der Waals surface area contributed by atoms with Crippen molar-refractivity contribution in [2.75, 3.05) is 0 Å². The second-order valence-corrected chi connectivity index (χ2v) is 3.63. The number of nitrogens with one attached hydrogen (secondary N) is 1. The van der Waals surface area contributed by atoms with Crippen molar-refractivity contribution in [1.82, 2.24) is 4.98 Å². The number of fused-ring (bicyclic) bond motifs is 1. The standard InChI is InChI=1S/C10H5ClF3NO2/c11-7-4-15-8-3-5(17-10(12,13)14)1-2-6(8)9(7)16/h1-4H,(H,15,16). The third-order valence-electron chi connectivity index (χ3n) is 2.04. The average molecular weight is 264 g/mol. The third-order valence-corrected chi connectivity index (χ3v) is 2.32. The van der Waals surface area contributed by atoms with E-state index >= 15 is 0 Å². The quantitative estimate of drug-likeness (QED) is 0.859. The predicted molar refractivity (Wildman–Crippen MR) is 56.3 cm³/mol. The summed E-state index contributed by atoms with van der Waals surface area (Å²) in [6.45, 7) is 0. The minimum absolute atomic E-state index is 0.0259. The van der Waals surface area contributed by atoms with Gasteiger partial charge in [0.25, 0.3) is 0 Å². The van der Waals surface area contributed by atoms with Gasteiger partial charge in [0, 0.05) is 17.6 Å². The Kier molecular flexibility index (Phi) is 2.74. The van der Waals surface area contributed by atoms with Gasteiger partial charge in [0.05, 0.1) is 5.52 Å². The van der Waals surface area contributed by atoms with Crippen molar-refractivity contribution in [3.05, 3.63) is 39.6 Å². The van der Waals surface area contributed by atoms with Gasteiger partial charge in [-0.2, -0.15) is 0 Å². The zero-order chi connectivity index (χ0) is 12.6. The highest BCUT2D eigenvalue weighted by Gasteiger charge is 2.31. The van der Waals surface area contributed by atoms with Crippen LogP contribution in [0.25, 0.3) is 10.9 Å². The minimum Gasteiger partial charge on any atom is -0.406 e. The van der Waals surface area contributed by atoms with Crippen molar-refractivity contribution in [3.63, 3.8) is 0 Å². The maximum absolute atomic E-state index is 12.0. The molecule has 0 bridgehead atoms. The van der Waals surface area contributed by atoms with Gasteiger partial charge in [-0.3, -0.25) is 4.79 Å². The summed E-state index contributed by atoms with van der Waals surface area (Å²) in [5.41, 5.74) is -0.222. The van der Waals surface area contributed by atoms with Gasteiger partial charge in [-0.05, 0) is 12.1 Å². The van der Waals surface area contributed by atoms with Crippen LogP contribution in [0.2, 0.25) is 5.02 Å². The molecule has 0 radical (unpaired) electrons. The molecule has 0 saturated carbocycles. The number of H-pyrrole nitrogens is 1. The molecular weight excluding hydrogens is 259 g/mol. The Balaban J connectivity index is 2.53. The molecule has 0 fully saturated rings. The molecule has 0 saturated heterocycles. The Hall–Kier alpha value is -1.69. The van der Waals surface area contributed by atoms with Crippen LogP contribution in [-0.4, -0.2) is 11.3 Å². The smallest absolute Gasteiger partial charge is 0.406 e. The second kappa shape index (κ2) is 3.96. The first kappa shape index (κ1) is 11.8. The number of halogens is 4. The topological polar surface area (TPSA) is 42.1 Å². The molecule has 0 aliphatic carbocycles. The number of hydrogen-bond donors (Lipinski definition) is 1. The van der Waals surface area contributed by atoms with E-state index in [1.165, 1.54) is 12.3 Å². The number of rotatable bonds is 1.